The van der Waals surface area contributed by atoms with Gasteiger partial charge in [0.15, 0.2) is 0 Å². The van der Waals surface area contributed by atoms with Crippen molar-refractivity contribution in [3.8, 4) is 0 Å². The van der Waals surface area contributed by atoms with Crippen LogP contribution in [0.5, 0.6) is 0 Å². The van der Waals surface area contributed by atoms with Crippen LogP contribution in [0.15, 0.2) is 24.3 Å². The molecule has 0 radical (unpaired) electrons. The summed E-state index contributed by atoms with van der Waals surface area (Å²) in [6.45, 7) is 14.7. The summed E-state index contributed by atoms with van der Waals surface area (Å²) in [4.78, 5) is 2.41. The van der Waals surface area contributed by atoms with E-state index in [4.69, 9.17) is 0 Å². The lowest BCUT2D eigenvalue weighted by Gasteiger charge is -2.31. The topological polar surface area (TPSA) is 3.24 Å². The van der Waals surface area contributed by atoms with E-state index in [-0.39, 0.29) is 11.0 Å². The third-order valence-corrected chi connectivity index (χ3v) is 3.70. The van der Waals surface area contributed by atoms with E-state index in [1.807, 2.05) is 0 Å². The van der Waals surface area contributed by atoms with E-state index in [0.29, 0.717) is 0 Å². The molecular formula is C17H29N. The first kappa shape index (κ1) is 15.2. The van der Waals surface area contributed by atoms with Crippen molar-refractivity contribution in [3.05, 3.63) is 35.4 Å². The summed E-state index contributed by atoms with van der Waals surface area (Å²) >= 11 is 0. The van der Waals surface area contributed by atoms with Crippen LogP contribution in [0.25, 0.3) is 0 Å². The zero-order chi connectivity index (χ0) is 14.0. The lowest BCUT2D eigenvalue weighted by atomic mass is 9.86. The molecule has 18 heavy (non-hydrogen) atoms. The van der Waals surface area contributed by atoms with Gasteiger partial charge in [0.05, 0.1) is 0 Å². The molecule has 1 rings (SSSR count). The van der Waals surface area contributed by atoms with E-state index in [1.165, 1.54) is 11.1 Å². The van der Waals surface area contributed by atoms with Crippen molar-refractivity contribution in [2.24, 2.45) is 0 Å². The molecule has 0 aromatic heterocycles. The van der Waals surface area contributed by atoms with E-state index in [0.717, 1.165) is 13.0 Å². The Hall–Kier alpha value is -0.820. The molecule has 0 bridgehead atoms. The quantitative estimate of drug-likeness (QED) is 0.771. The second kappa shape index (κ2) is 5.44. The summed E-state index contributed by atoms with van der Waals surface area (Å²) in [5, 5.41) is 0. The maximum atomic E-state index is 2.41. The molecule has 1 aromatic rings. The molecule has 1 aromatic carbocycles. The highest BCUT2D eigenvalue weighted by Gasteiger charge is 2.16. The van der Waals surface area contributed by atoms with E-state index in [2.05, 4.69) is 77.8 Å². The van der Waals surface area contributed by atoms with Gasteiger partial charge >= 0.3 is 0 Å². The molecule has 0 unspecified atom stereocenters. The standard InChI is InChI=1S/C17H29N/c1-16(2,3)15-10-8-14(9-11-15)12-13-18(7)17(4,5)6/h8-11H,12-13H2,1-7H3. The van der Waals surface area contributed by atoms with Crippen LogP contribution in [0.4, 0.5) is 0 Å². The van der Waals surface area contributed by atoms with Gasteiger partial charge in [-0.15, -0.1) is 0 Å². The molecule has 0 spiro atoms. The van der Waals surface area contributed by atoms with Crippen molar-refractivity contribution in [3.63, 3.8) is 0 Å². The fraction of sp³-hybridized carbons (Fsp3) is 0.647. The molecule has 102 valence electrons. The third-order valence-electron chi connectivity index (χ3n) is 3.70. The van der Waals surface area contributed by atoms with Gasteiger partial charge in [-0.25, -0.2) is 0 Å². The van der Waals surface area contributed by atoms with Crippen LogP contribution in [0.1, 0.15) is 52.7 Å². The lowest BCUT2D eigenvalue weighted by molar-refractivity contribution is 0.178. The molecule has 1 heteroatoms. The predicted molar refractivity (Wildman–Crippen MR) is 81.2 cm³/mol. The van der Waals surface area contributed by atoms with Gasteiger partial charge in [0.2, 0.25) is 0 Å². The molecule has 1 nitrogen and oxygen atoms in total. The largest absolute Gasteiger partial charge is 0.301 e. The van der Waals surface area contributed by atoms with Gasteiger partial charge in [-0.05, 0) is 50.8 Å². The molecule has 0 amide bonds. The summed E-state index contributed by atoms with van der Waals surface area (Å²) in [7, 11) is 2.20. The number of hydrogen-bond acceptors (Lipinski definition) is 1. The molecule has 0 heterocycles. The van der Waals surface area contributed by atoms with Crippen LogP contribution < -0.4 is 0 Å². The number of likely N-dealkylation sites (N-methyl/N-ethyl adjacent to an activating group) is 1. The second-order valence-electron chi connectivity index (χ2n) is 7.29. The van der Waals surface area contributed by atoms with Gasteiger partial charge in [-0.2, -0.15) is 0 Å². The average molecular weight is 247 g/mol. The van der Waals surface area contributed by atoms with E-state index >= 15 is 0 Å². The Kier molecular flexibility index (Phi) is 4.61. The van der Waals surface area contributed by atoms with E-state index < -0.39 is 0 Å². The van der Waals surface area contributed by atoms with Gasteiger partial charge in [0, 0.05) is 12.1 Å². The summed E-state index contributed by atoms with van der Waals surface area (Å²) < 4.78 is 0. The normalized spacial score (nSPS) is 13.1. The summed E-state index contributed by atoms with van der Waals surface area (Å²) in [5.74, 6) is 0. The number of rotatable bonds is 3. The van der Waals surface area contributed by atoms with Crippen LogP contribution in [0.3, 0.4) is 0 Å². The predicted octanol–water partition coefficient (Wildman–Crippen LogP) is 4.26. The molecule has 0 saturated heterocycles. The molecule has 0 atom stereocenters. The average Bonchev–Trinajstić information content (AvgIpc) is 2.24. The fourth-order valence-corrected chi connectivity index (χ4v) is 1.80. The number of hydrogen-bond donors (Lipinski definition) is 0. The van der Waals surface area contributed by atoms with Crippen molar-refractivity contribution >= 4 is 0 Å². The fourth-order valence-electron chi connectivity index (χ4n) is 1.80. The zero-order valence-electron chi connectivity index (χ0n) is 13.2. The Morgan fingerprint density at radius 3 is 1.78 bits per heavy atom. The molecule has 0 saturated carbocycles. The summed E-state index contributed by atoms with van der Waals surface area (Å²) in [6.07, 6.45) is 1.12. The Morgan fingerprint density at radius 2 is 1.39 bits per heavy atom. The van der Waals surface area contributed by atoms with Gasteiger partial charge in [-0.1, -0.05) is 45.0 Å². The minimum absolute atomic E-state index is 0.251. The number of nitrogens with zero attached hydrogens (tertiary/aromatic N) is 1. The highest BCUT2D eigenvalue weighted by atomic mass is 15.1. The Balaban J connectivity index is 2.60. The highest BCUT2D eigenvalue weighted by Crippen LogP contribution is 2.22. The first-order valence-electron chi connectivity index (χ1n) is 6.91. The van der Waals surface area contributed by atoms with Gasteiger partial charge in [0.25, 0.3) is 0 Å². The van der Waals surface area contributed by atoms with Gasteiger partial charge < -0.3 is 4.90 Å². The molecule has 0 fully saturated rings. The van der Waals surface area contributed by atoms with Crippen LogP contribution >= 0.6 is 0 Å². The monoisotopic (exact) mass is 247 g/mol. The minimum Gasteiger partial charge on any atom is -0.301 e. The first-order chi connectivity index (χ1) is 8.10. The Labute approximate surface area is 113 Å². The van der Waals surface area contributed by atoms with Crippen LogP contribution in [0, 0.1) is 0 Å². The van der Waals surface area contributed by atoms with Crippen LogP contribution in [-0.4, -0.2) is 24.0 Å². The van der Waals surface area contributed by atoms with Crippen molar-refractivity contribution in [1.29, 1.82) is 0 Å². The molecule has 0 aliphatic carbocycles. The smallest absolute Gasteiger partial charge is 0.0122 e. The minimum atomic E-state index is 0.251. The second-order valence-corrected chi connectivity index (χ2v) is 7.29. The lowest BCUT2D eigenvalue weighted by Crippen LogP contribution is -2.39. The molecule has 0 aliphatic heterocycles. The third kappa shape index (κ3) is 4.45. The molecular weight excluding hydrogens is 218 g/mol. The Bertz CT molecular complexity index is 362. The highest BCUT2D eigenvalue weighted by molar-refractivity contribution is 5.27. The van der Waals surface area contributed by atoms with Crippen molar-refractivity contribution in [2.75, 3.05) is 13.6 Å². The van der Waals surface area contributed by atoms with E-state index in [1.54, 1.807) is 0 Å². The van der Waals surface area contributed by atoms with Crippen molar-refractivity contribution in [1.82, 2.24) is 4.90 Å². The van der Waals surface area contributed by atoms with Gasteiger partial charge in [0.1, 0.15) is 0 Å². The summed E-state index contributed by atoms with van der Waals surface area (Å²) in [5.41, 5.74) is 3.35. The first-order valence-corrected chi connectivity index (χ1v) is 6.91. The summed E-state index contributed by atoms with van der Waals surface area (Å²) in [6, 6.07) is 9.09. The maximum absolute atomic E-state index is 2.41. The van der Waals surface area contributed by atoms with Crippen molar-refractivity contribution in [2.45, 2.75) is 58.9 Å². The van der Waals surface area contributed by atoms with Gasteiger partial charge in [-0.3, -0.25) is 0 Å². The number of benzene rings is 1. The van der Waals surface area contributed by atoms with Crippen LogP contribution in [0.2, 0.25) is 0 Å². The van der Waals surface area contributed by atoms with Crippen LogP contribution in [-0.2, 0) is 11.8 Å². The molecule has 0 N–H and O–H groups in total. The zero-order valence-corrected chi connectivity index (χ0v) is 13.2. The molecule has 0 aliphatic rings. The maximum Gasteiger partial charge on any atom is 0.0122 e. The van der Waals surface area contributed by atoms with Crippen molar-refractivity contribution < 1.29 is 0 Å². The Morgan fingerprint density at radius 1 is 0.889 bits per heavy atom. The van der Waals surface area contributed by atoms with E-state index in [9.17, 15) is 0 Å². The SMILES string of the molecule is CN(CCc1ccc(C(C)(C)C)cc1)C(C)(C)C.